The van der Waals surface area contributed by atoms with Gasteiger partial charge in [0.1, 0.15) is 46.7 Å². The van der Waals surface area contributed by atoms with Crippen molar-refractivity contribution in [3.8, 4) is 68.6 Å². The maximum Gasteiger partial charge on any atom is 0.157 e. The molecule has 4 aromatic rings. The molecule has 5 atom stereocenters. The smallest absolute Gasteiger partial charge is 0.157 e. The molecular weight excluding hydrogens is 583 g/mol. The molecule has 0 saturated carbocycles. The molecule has 0 aromatic heterocycles. The van der Waals surface area contributed by atoms with E-state index in [9.17, 15) is 46.0 Å². The van der Waals surface area contributed by atoms with Gasteiger partial charge in [-0.1, -0.05) is 12.1 Å². The van der Waals surface area contributed by atoms with E-state index in [1.54, 1.807) is 0 Å². The summed E-state index contributed by atoms with van der Waals surface area (Å²) in [5, 5.41) is 94.4. The minimum absolute atomic E-state index is 0.00156. The Bertz CT molecular complexity index is 1760. The van der Waals surface area contributed by atoms with Gasteiger partial charge in [0.25, 0.3) is 0 Å². The molecule has 12 nitrogen and oxygen atoms in total. The van der Waals surface area contributed by atoms with Gasteiger partial charge in [0, 0.05) is 36.1 Å². The number of fused-ring (bicyclic) bond motifs is 2. The monoisotopic (exact) mass is 610 g/mol. The van der Waals surface area contributed by atoms with Crippen LogP contribution in [0.3, 0.4) is 0 Å². The van der Waals surface area contributed by atoms with Gasteiger partial charge in [-0.25, -0.2) is 0 Å². The normalized spacial score (nSPS) is 20.8. The fourth-order valence-electron chi connectivity index (χ4n) is 5.62. The summed E-state index contributed by atoms with van der Waals surface area (Å²) >= 11 is 0. The van der Waals surface area contributed by atoms with Gasteiger partial charge < -0.3 is 60.0 Å². The summed E-state index contributed by atoms with van der Waals surface area (Å²) in [6.07, 6.45) is -4.85. The van der Waals surface area contributed by atoms with Gasteiger partial charge in [0.05, 0.1) is 32.8 Å². The number of hydrogen-bond donors (Lipinski definition) is 9. The minimum atomic E-state index is -1.20. The predicted octanol–water partition coefficient (Wildman–Crippen LogP) is 3.54. The Morgan fingerprint density at radius 2 is 1.02 bits per heavy atom. The molecule has 0 amide bonds. The summed E-state index contributed by atoms with van der Waals surface area (Å²) in [7, 11) is 2.04. The number of benzene rings is 4. The number of hydrogen-bond acceptors (Lipinski definition) is 12. The van der Waals surface area contributed by atoms with Crippen LogP contribution in [-0.2, 0) is 12.8 Å². The molecule has 4 aromatic carbocycles. The quantitative estimate of drug-likeness (QED) is 0.120. The zero-order valence-corrected chi connectivity index (χ0v) is 23.3. The number of phenols is 7. The zero-order chi connectivity index (χ0) is 30.7. The van der Waals surface area contributed by atoms with Gasteiger partial charge in [-0.15, -0.1) is 0 Å². The van der Waals surface area contributed by atoms with Crippen LogP contribution in [0.1, 0.15) is 34.5 Å². The first-order valence-electron chi connectivity index (χ1n) is 13.0. The summed E-state index contributed by atoms with van der Waals surface area (Å²) in [5.41, 5.74) is 0.977. The van der Waals surface area contributed by atoms with E-state index in [0.717, 1.165) is 6.07 Å². The zero-order valence-electron chi connectivity index (χ0n) is 22.2. The van der Waals surface area contributed by atoms with Crippen LogP contribution in [0, 0.1) is 0 Å². The topological polar surface area (TPSA) is 210 Å². The summed E-state index contributed by atoms with van der Waals surface area (Å²) in [6, 6.07) is 10.1. The van der Waals surface area contributed by atoms with Gasteiger partial charge in [-0.05, 0) is 35.4 Å². The van der Waals surface area contributed by atoms with Crippen LogP contribution >= 0.6 is 9.47 Å². The highest BCUT2D eigenvalue weighted by Crippen LogP contribution is 2.58. The van der Waals surface area contributed by atoms with Crippen molar-refractivity contribution in [1.82, 2.24) is 0 Å². The molecular formula is C30H27O12P. The van der Waals surface area contributed by atoms with Gasteiger partial charge in [-0.2, -0.15) is 0 Å². The third-order valence-electron chi connectivity index (χ3n) is 7.71. The molecule has 0 spiro atoms. The highest BCUT2D eigenvalue weighted by atomic mass is 31.0. The fourth-order valence-corrected chi connectivity index (χ4v) is 5.81. The lowest BCUT2D eigenvalue weighted by atomic mass is 9.87. The van der Waals surface area contributed by atoms with E-state index < -0.39 is 41.7 Å². The molecule has 0 radical (unpaired) electrons. The number of aliphatic hydroxyl groups is 2. The lowest BCUT2D eigenvalue weighted by molar-refractivity contribution is 0.0187. The van der Waals surface area contributed by atoms with Gasteiger partial charge in [0.15, 0.2) is 23.0 Å². The first-order valence-corrected chi connectivity index (χ1v) is 13.5. The molecule has 2 aliphatic heterocycles. The second-order valence-corrected chi connectivity index (χ2v) is 10.6. The molecule has 224 valence electrons. The minimum Gasteiger partial charge on any atom is -0.507 e. The third-order valence-corrected chi connectivity index (χ3v) is 7.97. The Morgan fingerprint density at radius 1 is 0.558 bits per heavy atom. The van der Waals surface area contributed by atoms with E-state index in [4.69, 9.17) is 14.0 Å². The number of aromatic hydroxyl groups is 7. The first kappa shape index (κ1) is 28.4. The van der Waals surface area contributed by atoms with Crippen molar-refractivity contribution in [2.45, 2.75) is 37.3 Å². The molecule has 2 aliphatic rings. The Morgan fingerprint density at radius 3 is 1.49 bits per heavy atom. The van der Waals surface area contributed by atoms with Crippen molar-refractivity contribution in [3.05, 3.63) is 70.8 Å². The number of rotatable bonds is 4. The Kier molecular flexibility index (Phi) is 6.92. The van der Waals surface area contributed by atoms with E-state index in [1.165, 1.54) is 42.5 Å². The molecule has 9 N–H and O–H groups in total. The van der Waals surface area contributed by atoms with Crippen LogP contribution in [0.25, 0.3) is 11.1 Å². The van der Waals surface area contributed by atoms with Crippen LogP contribution in [0.2, 0.25) is 0 Å². The lowest BCUT2D eigenvalue weighted by Gasteiger charge is -2.35. The third kappa shape index (κ3) is 4.69. The van der Waals surface area contributed by atoms with Crippen LogP contribution in [0.15, 0.2) is 48.5 Å². The van der Waals surface area contributed by atoms with E-state index in [0.29, 0.717) is 11.1 Å². The van der Waals surface area contributed by atoms with Crippen LogP contribution in [-0.4, -0.2) is 58.2 Å². The van der Waals surface area contributed by atoms with Crippen LogP contribution < -0.4 is 14.0 Å². The summed E-state index contributed by atoms with van der Waals surface area (Å²) in [5.74, 6) is -2.79. The first-order chi connectivity index (χ1) is 20.5. The van der Waals surface area contributed by atoms with Crippen molar-refractivity contribution in [2.75, 3.05) is 0 Å². The fraction of sp³-hybridized carbons (Fsp3) is 0.200. The van der Waals surface area contributed by atoms with Crippen LogP contribution in [0.4, 0.5) is 0 Å². The van der Waals surface area contributed by atoms with E-state index >= 15 is 0 Å². The van der Waals surface area contributed by atoms with Crippen LogP contribution in [0.5, 0.6) is 57.5 Å². The summed E-state index contributed by atoms with van der Waals surface area (Å²) < 4.78 is 17.9. The van der Waals surface area contributed by atoms with Gasteiger partial charge in [-0.3, -0.25) is 0 Å². The summed E-state index contributed by atoms with van der Waals surface area (Å²) in [4.78, 5) is 0. The van der Waals surface area contributed by atoms with Crippen molar-refractivity contribution >= 4 is 9.47 Å². The maximum absolute atomic E-state index is 11.2. The maximum atomic E-state index is 11.2. The van der Waals surface area contributed by atoms with Gasteiger partial charge in [0.2, 0.25) is 0 Å². The Balaban J connectivity index is 1.55. The highest BCUT2D eigenvalue weighted by molar-refractivity contribution is 7.10. The second kappa shape index (κ2) is 10.5. The number of phenolic OH excluding ortho intramolecular Hbond substituents is 7. The van der Waals surface area contributed by atoms with Crippen molar-refractivity contribution in [1.29, 1.82) is 0 Å². The Hall–Kier alpha value is -4.77. The van der Waals surface area contributed by atoms with E-state index in [1.807, 2.05) is 9.47 Å². The summed E-state index contributed by atoms with van der Waals surface area (Å²) in [6.45, 7) is 0. The molecule has 0 aliphatic carbocycles. The standard InChI is InChI=1S/C30H27O12P/c31-15-3-1-11(5-19(15)35)27-22(38)7-13-17(33)9-21(37)25(29(13)40-27)26-24(42-43)10-18(34)14-8-23(39)28(41-30(14)26)12-2-4-16(32)20(36)6-12/h1-6,9-10,22-23,27-28,31-39H,7-8,43H2. The molecule has 13 heteroatoms. The number of ether oxygens (including phenoxy) is 2. The largest absolute Gasteiger partial charge is 0.507 e. The number of aliphatic hydroxyl groups excluding tert-OH is 2. The molecule has 2 heterocycles. The molecule has 43 heavy (non-hydrogen) atoms. The van der Waals surface area contributed by atoms with E-state index in [-0.39, 0.29) is 75.3 Å². The average Bonchev–Trinajstić information content (AvgIpc) is 2.97. The van der Waals surface area contributed by atoms with Crippen molar-refractivity contribution < 1.29 is 60.0 Å². The van der Waals surface area contributed by atoms with Gasteiger partial charge >= 0.3 is 0 Å². The van der Waals surface area contributed by atoms with Crippen molar-refractivity contribution in [2.24, 2.45) is 0 Å². The lowest BCUT2D eigenvalue weighted by Crippen LogP contribution is -2.31. The molecule has 0 bridgehead atoms. The molecule has 0 saturated heterocycles. The highest BCUT2D eigenvalue weighted by Gasteiger charge is 2.40. The predicted molar refractivity (Wildman–Crippen MR) is 153 cm³/mol. The molecule has 5 unspecified atom stereocenters. The Labute approximate surface area is 246 Å². The molecule has 0 fully saturated rings. The SMILES string of the molecule is Oc1ccc(C2Oc3c(c(O)cc(O)c3-c3c(OP)cc(O)c4c3OC(c3ccc(O)c(O)c3)C(O)C4)CC2O)cc1O. The van der Waals surface area contributed by atoms with E-state index in [2.05, 4.69) is 0 Å². The average molecular weight is 611 g/mol. The molecule has 6 rings (SSSR count). The second-order valence-electron chi connectivity index (χ2n) is 10.4. The van der Waals surface area contributed by atoms with Crippen molar-refractivity contribution in [3.63, 3.8) is 0 Å².